The molecule has 0 bridgehead atoms. The number of hydrogen-bond acceptors (Lipinski definition) is 2. The molecular weight excluding hydrogens is 540 g/mol. The first kappa shape index (κ1) is 30.5. The van der Waals surface area contributed by atoms with Crippen molar-refractivity contribution in [3.63, 3.8) is 0 Å². The third-order valence-electron chi connectivity index (χ3n) is 4.29. The van der Waals surface area contributed by atoms with Crippen LogP contribution >= 0.6 is 0 Å². The van der Waals surface area contributed by atoms with Gasteiger partial charge in [0.25, 0.3) is 0 Å². The molecule has 1 amide bonds. The average molecular weight is 550 g/mol. The molecule has 1 heterocycles. The van der Waals surface area contributed by atoms with Gasteiger partial charge in [-0.3, -0.25) is 4.79 Å². The SMILES string of the molecule is Cc1cc(C)nc(NC(=O)C(F)(F)C(F)(F)C(F)(F)C(F)(F)C(F)(F)C(F)(F)C(F)(F)C(F)F)c1. The quantitative estimate of drug-likeness (QED) is 0.365. The fourth-order valence-corrected chi connectivity index (χ4v) is 2.38. The molecule has 0 unspecified atom stereocenters. The molecule has 19 heteroatoms. The number of nitrogens with one attached hydrogen (secondary N) is 1. The number of alkyl halides is 16. The third-order valence-corrected chi connectivity index (χ3v) is 4.29. The maximum atomic E-state index is 13.9. The van der Waals surface area contributed by atoms with Crippen LogP contribution < -0.4 is 5.32 Å². The van der Waals surface area contributed by atoms with Gasteiger partial charge in [-0.25, -0.2) is 13.8 Å². The number of halogens is 16. The maximum absolute atomic E-state index is 13.9. The van der Waals surface area contributed by atoms with Crippen LogP contribution in [-0.4, -0.2) is 58.8 Å². The van der Waals surface area contributed by atoms with Crippen LogP contribution in [0.3, 0.4) is 0 Å². The first-order valence-electron chi connectivity index (χ1n) is 8.43. The lowest BCUT2D eigenvalue weighted by Crippen LogP contribution is -2.74. The second kappa shape index (κ2) is 8.56. The molecule has 1 aromatic heterocycles. The molecule has 0 saturated heterocycles. The second-order valence-corrected chi connectivity index (χ2v) is 7.00. The molecule has 1 rings (SSSR count). The van der Waals surface area contributed by atoms with Crippen LogP contribution in [-0.2, 0) is 4.79 Å². The van der Waals surface area contributed by atoms with Gasteiger partial charge in [-0.05, 0) is 31.5 Å². The summed E-state index contributed by atoms with van der Waals surface area (Å²) in [6, 6.07) is 1.86. The number of aromatic nitrogens is 1. The van der Waals surface area contributed by atoms with E-state index in [0.29, 0.717) is 6.07 Å². The van der Waals surface area contributed by atoms with Crippen LogP contribution in [0.15, 0.2) is 12.1 Å². The lowest BCUT2D eigenvalue weighted by atomic mass is 9.89. The molecule has 0 aromatic carbocycles. The van der Waals surface area contributed by atoms with Crippen LogP contribution in [0.5, 0.6) is 0 Å². The lowest BCUT2D eigenvalue weighted by Gasteiger charge is -2.42. The molecule has 0 aliphatic heterocycles. The summed E-state index contributed by atoms with van der Waals surface area (Å²) in [5.74, 6) is -60.9. The summed E-state index contributed by atoms with van der Waals surface area (Å²) < 4.78 is 212. The average Bonchev–Trinajstić information content (AvgIpc) is 2.65. The van der Waals surface area contributed by atoms with E-state index in [-0.39, 0.29) is 11.3 Å². The van der Waals surface area contributed by atoms with Crippen molar-refractivity contribution in [2.45, 2.75) is 61.7 Å². The minimum atomic E-state index is -8.56. The summed E-state index contributed by atoms with van der Waals surface area (Å²) in [7, 11) is 0. The van der Waals surface area contributed by atoms with E-state index >= 15 is 0 Å². The fraction of sp³-hybridized carbons (Fsp3) is 0.625. The predicted octanol–water partition coefficient (Wildman–Crippen LogP) is 6.35. The first-order chi connectivity index (χ1) is 15.2. The van der Waals surface area contributed by atoms with E-state index < -0.39 is 59.6 Å². The molecule has 0 spiro atoms. The van der Waals surface area contributed by atoms with E-state index in [1.165, 1.54) is 13.0 Å². The van der Waals surface area contributed by atoms with Crippen molar-refractivity contribution in [1.82, 2.24) is 4.98 Å². The highest BCUT2D eigenvalue weighted by Gasteiger charge is 2.94. The van der Waals surface area contributed by atoms with Crippen molar-refractivity contribution in [3.05, 3.63) is 23.4 Å². The number of carbonyl (C=O) groups is 1. The molecule has 3 nitrogen and oxygen atoms in total. The van der Waals surface area contributed by atoms with Crippen molar-refractivity contribution in [1.29, 1.82) is 0 Å². The molecule has 0 radical (unpaired) electrons. The summed E-state index contributed by atoms with van der Waals surface area (Å²) in [5.41, 5.74) is -0.0179. The van der Waals surface area contributed by atoms with Crippen LogP contribution in [0.4, 0.5) is 76.1 Å². The smallest absolute Gasteiger partial charge is 0.305 e. The van der Waals surface area contributed by atoms with Crippen LogP contribution in [0.1, 0.15) is 11.3 Å². The number of carbonyl (C=O) groups excluding carboxylic acids is 1. The maximum Gasteiger partial charge on any atom is 0.393 e. The van der Waals surface area contributed by atoms with E-state index in [1.807, 2.05) is 0 Å². The highest BCUT2D eigenvalue weighted by Crippen LogP contribution is 2.62. The standard InChI is InChI=1S/C16H10F16N2O/c1-5-3-6(2)33-7(4-5)34-9(35)11(21,22)13(25,26)15(29,30)16(31,32)14(27,28)12(23,24)10(19,20)8(17)18/h3-4,8H,1-2H3,(H,33,34,35). The van der Waals surface area contributed by atoms with Gasteiger partial charge in [0.2, 0.25) is 0 Å². The number of nitrogens with zero attached hydrogens (tertiary/aromatic N) is 1. The molecule has 0 atom stereocenters. The Bertz CT molecular complexity index is 939. The topological polar surface area (TPSA) is 42.0 Å². The van der Waals surface area contributed by atoms with Crippen molar-refractivity contribution >= 4 is 11.7 Å². The molecule has 0 aliphatic rings. The Morgan fingerprint density at radius 3 is 1.51 bits per heavy atom. The Morgan fingerprint density at radius 2 is 1.11 bits per heavy atom. The molecule has 1 aromatic rings. The zero-order valence-corrected chi connectivity index (χ0v) is 16.6. The molecule has 0 fully saturated rings. The highest BCUT2D eigenvalue weighted by molar-refractivity contribution is 5.96. The largest absolute Gasteiger partial charge is 0.393 e. The van der Waals surface area contributed by atoms with Gasteiger partial charge < -0.3 is 5.32 Å². The highest BCUT2D eigenvalue weighted by atomic mass is 19.4. The van der Waals surface area contributed by atoms with E-state index in [2.05, 4.69) is 4.98 Å². The van der Waals surface area contributed by atoms with Gasteiger partial charge >= 0.3 is 53.8 Å². The van der Waals surface area contributed by atoms with Gasteiger partial charge in [-0.1, -0.05) is 0 Å². The lowest BCUT2D eigenvalue weighted by molar-refractivity contribution is -0.443. The minimum Gasteiger partial charge on any atom is -0.305 e. The van der Waals surface area contributed by atoms with Gasteiger partial charge in [0.05, 0.1) is 0 Å². The van der Waals surface area contributed by atoms with Crippen LogP contribution in [0.25, 0.3) is 0 Å². The summed E-state index contributed by atoms with van der Waals surface area (Å²) in [5, 5.41) is 0.789. The van der Waals surface area contributed by atoms with E-state index in [1.54, 1.807) is 0 Å². The number of anilines is 1. The molecule has 0 saturated carbocycles. The van der Waals surface area contributed by atoms with Crippen LogP contribution in [0, 0.1) is 13.8 Å². The summed E-state index contributed by atoms with van der Waals surface area (Å²) in [6.07, 6.45) is -5.93. The Balaban J connectivity index is 3.56. The fourth-order valence-electron chi connectivity index (χ4n) is 2.38. The number of amides is 1. The van der Waals surface area contributed by atoms with Gasteiger partial charge in [-0.2, -0.15) is 61.5 Å². The first-order valence-corrected chi connectivity index (χ1v) is 8.43. The normalized spacial score (nSPS) is 14.9. The van der Waals surface area contributed by atoms with Crippen molar-refractivity contribution in [3.8, 4) is 0 Å². The van der Waals surface area contributed by atoms with Crippen LogP contribution in [0.2, 0.25) is 0 Å². The van der Waals surface area contributed by atoms with Gasteiger partial charge in [-0.15, -0.1) is 0 Å². The molecule has 0 aliphatic carbocycles. The van der Waals surface area contributed by atoms with E-state index in [4.69, 9.17) is 0 Å². The van der Waals surface area contributed by atoms with Gasteiger partial charge in [0.15, 0.2) is 0 Å². The van der Waals surface area contributed by atoms with Crippen molar-refractivity contribution in [2.24, 2.45) is 0 Å². The molecule has 202 valence electrons. The van der Waals surface area contributed by atoms with E-state index in [0.717, 1.165) is 12.2 Å². The number of hydrogen-bond donors (Lipinski definition) is 1. The Morgan fingerprint density at radius 1 is 0.714 bits per heavy atom. The Hall–Kier alpha value is -2.50. The van der Waals surface area contributed by atoms with E-state index in [9.17, 15) is 75.0 Å². The van der Waals surface area contributed by atoms with Gasteiger partial charge in [0, 0.05) is 5.69 Å². The summed E-state index contributed by atoms with van der Waals surface area (Å²) >= 11 is 0. The number of aryl methyl sites for hydroxylation is 2. The minimum absolute atomic E-state index is 0.0848. The second-order valence-electron chi connectivity index (χ2n) is 7.00. The molecule has 35 heavy (non-hydrogen) atoms. The Kier molecular flexibility index (Phi) is 7.47. The molecular formula is C16H10F16N2O. The summed E-state index contributed by atoms with van der Waals surface area (Å²) in [6.45, 7) is 2.35. The zero-order chi connectivity index (χ0) is 28.2. The third kappa shape index (κ3) is 4.34. The van der Waals surface area contributed by atoms with Gasteiger partial charge in [0.1, 0.15) is 5.82 Å². The Labute approximate surface area is 183 Å². The predicted molar refractivity (Wildman–Crippen MR) is 83.0 cm³/mol. The number of rotatable bonds is 9. The monoisotopic (exact) mass is 550 g/mol. The summed E-state index contributed by atoms with van der Waals surface area (Å²) in [4.78, 5) is 14.7. The van der Waals surface area contributed by atoms with Crippen molar-refractivity contribution in [2.75, 3.05) is 5.32 Å². The zero-order valence-electron chi connectivity index (χ0n) is 16.6. The number of pyridine rings is 1. The van der Waals surface area contributed by atoms with Crippen molar-refractivity contribution < 1.29 is 75.0 Å². The molecule has 1 N–H and O–H groups in total.